The molecular weight excluding hydrogens is 424 g/mol. The van der Waals surface area contributed by atoms with Crippen molar-refractivity contribution in [3.63, 3.8) is 0 Å². The van der Waals surface area contributed by atoms with Crippen LogP contribution in [0, 0.1) is 0 Å². The molecule has 2 heterocycles. The average molecular weight is 449 g/mol. The molecule has 9 nitrogen and oxygen atoms in total. The number of aromatic nitrogens is 5. The minimum Gasteiger partial charge on any atom is -0.497 e. The predicted octanol–water partition coefficient (Wildman–Crippen LogP) is 3.67. The van der Waals surface area contributed by atoms with Crippen LogP contribution < -0.4 is 14.8 Å². The van der Waals surface area contributed by atoms with Gasteiger partial charge in [-0.25, -0.2) is 0 Å². The molecule has 0 saturated heterocycles. The van der Waals surface area contributed by atoms with E-state index in [-0.39, 0.29) is 23.7 Å². The molecule has 0 saturated carbocycles. The molecular formula is C19H24N6O3S2. The highest BCUT2D eigenvalue weighted by Crippen LogP contribution is 2.26. The monoisotopic (exact) mass is 448 g/mol. The quantitative estimate of drug-likeness (QED) is 0.495. The summed E-state index contributed by atoms with van der Waals surface area (Å²) in [5.74, 6) is 2.35. The van der Waals surface area contributed by atoms with E-state index in [1.54, 1.807) is 7.11 Å². The first-order valence-corrected chi connectivity index (χ1v) is 11.1. The maximum Gasteiger partial charge on any atom is 0.236 e. The Kier molecular flexibility index (Phi) is 7.27. The summed E-state index contributed by atoms with van der Waals surface area (Å²) < 4.78 is 13.0. The van der Waals surface area contributed by atoms with Crippen LogP contribution in [0.1, 0.15) is 43.6 Å². The molecule has 0 spiro atoms. The number of hydrogen-bond donors (Lipinski definition) is 1. The summed E-state index contributed by atoms with van der Waals surface area (Å²) in [7, 11) is 3.46. The van der Waals surface area contributed by atoms with Gasteiger partial charge in [-0.1, -0.05) is 43.0 Å². The van der Waals surface area contributed by atoms with Crippen LogP contribution in [0.4, 0.5) is 5.13 Å². The molecule has 0 aliphatic carbocycles. The van der Waals surface area contributed by atoms with Crippen molar-refractivity contribution < 1.29 is 14.3 Å². The Balaban J connectivity index is 1.56. The molecule has 1 aromatic carbocycles. The number of benzene rings is 1. The number of nitrogens with one attached hydrogen (secondary N) is 1. The Morgan fingerprint density at radius 2 is 1.97 bits per heavy atom. The van der Waals surface area contributed by atoms with Crippen molar-refractivity contribution in [2.75, 3.05) is 18.2 Å². The lowest BCUT2D eigenvalue weighted by molar-refractivity contribution is -0.113. The highest BCUT2D eigenvalue weighted by atomic mass is 32.2. The second-order valence-electron chi connectivity index (χ2n) is 6.78. The van der Waals surface area contributed by atoms with Gasteiger partial charge in [-0.2, -0.15) is 0 Å². The lowest BCUT2D eigenvalue weighted by Gasteiger charge is -2.14. The highest BCUT2D eigenvalue weighted by Gasteiger charge is 2.19. The van der Waals surface area contributed by atoms with Gasteiger partial charge in [0.15, 0.2) is 17.1 Å². The predicted molar refractivity (Wildman–Crippen MR) is 116 cm³/mol. The third-order valence-electron chi connectivity index (χ3n) is 4.10. The van der Waals surface area contributed by atoms with Gasteiger partial charge in [-0.3, -0.25) is 10.1 Å². The molecule has 3 aromatic rings. The van der Waals surface area contributed by atoms with Gasteiger partial charge in [0.25, 0.3) is 0 Å². The number of methoxy groups -OCH3 is 1. The fraction of sp³-hybridized carbons (Fsp3) is 0.421. The van der Waals surface area contributed by atoms with E-state index >= 15 is 0 Å². The Bertz CT molecular complexity index is 1000. The molecule has 0 aliphatic heterocycles. The number of ether oxygens (including phenoxy) is 2. The second-order valence-corrected chi connectivity index (χ2v) is 8.73. The largest absolute Gasteiger partial charge is 0.497 e. The number of nitrogens with zero attached hydrogens (tertiary/aromatic N) is 5. The molecule has 1 amide bonds. The molecule has 30 heavy (non-hydrogen) atoms. The zero-order chi connectivity index (χ0) is 21.7. The van der Waals surface area contributed by atoms with Gasteiger partial charge in [0, 0.05) is 19.0 Å². The van der Waals surface area contributed by atoms with Gasteiger partial charge in [0.05, 0.1) is 12.9 Å². The molecule has 0 fully saturated rings. The first kappa shape index (κ1) is 22.0. The Morgan fingerprint density at radius 3 is 2.67 bits per heavy atom. The number of amides is 1. The number of carbonyl (C=O) groups excluding carboxylic acids is 1. The van der Waals surface area contributed by atoms with E-state index in [2.05, 4.69) is 25.7 Å². The van der Waals surface area contributed by atoms with Crippen LogP contribution in [0.15, 0.2) is 29.4 Å². The minimum absolute atomic E-state index is 0.170. The zero-order valence-electron chi connectivity index (χ0n) is 17.4. The van der Waals surface area contributed by atoms with E-state index in [0.717, 1.165) is 10.8 Å². The SMILES string of the molecule is COc1cccc(OC(C)c2nnc(SCC(=O)Nc3nnc(C(C)C)s3)n2C)c1. The normalized spacial score (nSPS) is 12.1. The average Bonchev–Trinajstić information content (AvgIpc) is 3.33. The summed E-state index contributed by atoms with van der Waals surface area (Å²) in [6, 6.07) is 7.38. The minimum atomic E-state index is -0.325. The van der Waals surface area contributed by atoms with Crippen molar-refractivity contribution in [3.8, 4) is 11.5 Å². The molecule has 0 radical (unpaired) electrons. The van der Waals surface area contributed by atoms with Crippen LogP contribution in [0.5, 0.6) is 11.5 Å². The van der Waals surface area contributed by atoms with E-state index in [1.807, 2.05) is 56.7 Å². The number of thioether (sulfide) groups is 1. The number of rotatable bonds is 9. The Hall–Kier alpha value is -2.66. The van der Waals surface area contributed by atoms with Gasteiger partial charge < -0.3 is 14.0 Å². The molecule has 1 atom stereocenters. The van der Waals surface area contributed by atoms with Crippen molar-refractivity contribution in [3.05, 3.63) is 35.1 Å². The lowest BCUT2D eigenvalue weighted by atomic mass is 10.2. The van der Waals surface area contributed by atoms with Gasteiger partial charge in [-0.15, -0.1) is 20.4 Å². The van der Waals surface area contributed by atoms with Crippen molar-refractivity contribution in [1.29, 1.82) is 0 Å². The fourth-order valence-electron chi connectivity index (χ4n) is 2.54. The molecule has 2 aromatic heterocycles. The maximum atomic E-state index is 12.2. The van der Waals surface area contributed by atoms with E-state index in [0.29, 0.717) is 21.9 Å². The third kappa shape index (κ3) is 5.48. The summed E-state index contributed by atoms with van der Waals surface area (Å²) in [5.41, 5.74) is 0. The molecule has 3 rings (SSSR count). The van der Waals surface area contributed by atoms with E-state index in [1.165, 1.54) is 23.1 Å². The zero-order valence-corrected chi connectivity index (χ0v) is 19.1. The maximum absolute atomic E-state index is 12.2. The van der Waals surface area contributed by atoms with E-state index in [4.69, 9.17) is 9.47 Å². The summed E-state index contributed by atoms with van der Waals surface area (Å²) >= 11 is 2.68. The molecule has 1 unspecified atom stereocenters. The van der Waals surface area contributed by atoms with Crippen LogP contribution in [-0.2, 0) is 11.8 Å². The van der Waals surface area contributed by atoms with Crippen LogP contribution in [0.3, 0.4) is 0 Å². The van der Waals surface area contributed by atoms with Gasteiger partial charge in [-0.05, 0) is 19.1 Å². The van der Waals surface area contributed by atoms with Gasteiger partial charge in [0.2, 0.25) is 11.0 Å². The third-order valence-corrected chi connectivity index (χ3v) is 6.26. The number of anilines is 1. The van der Waals surface area contributed by atoms with Crippen molar-refractivity contribution in [1.82, 2.24) is 25.0 Å². The molecule has 0 aliphatic rings. The van der Waals surface area contributed by atoms with Gasteiger partial charge >= 0.3 is 0 Å². The van der Waals surface area contributed by atoms with Crippen LogP contribution in [-0.4, -0.2) is 43.7 Å². The highest BCUT2D eigenvalue weighted by molar-refractivity contribution is 7.99. The standard InChI is InChI=1S/C19H24N6O3S2/c1-11(2)17-22-23-18(30-17)20-15(26)10-29-19-24-21-16(25(19)4)12(3)28-14-8-6-7-13(9-14)27-5/h6-9,11-12H,10H2,1-5H3,(H,20,23,26). The van der Waals surface area contributed by atoms with Crippen molar-refractivity contribution in [2.24, 2.45) is 7.05 Å². The van der Waals surface area contributed by atoms with E-state index in [9.17, 15) is 4.79 Å². The van der Waals surface area contributed by atoms with Gasteiger partial charge in [0.1, 0.15) is 16.5 Å². The molecule has 0 bridgehead atoms. The first-order valence-electron chi connectivity index (χ1n) is 9.33. The first-order chi connectivity index (χ1) is 14.4. The topological polar surface area (TPSA) is 104 Å². The summed E-state index contributed by atoms with van der Waals surface area (Å²) in [6.07, 6.45) is -0.325. The smallest absolute Gasteiger partial charge is 0.236 e. The van der Waals surface area contributed by atoms with Crippen LogP contribution >= 0.6 is 23.1 Å². The molecule has 160 valence electrons. The summed E-state index contributed by atoms with van der Waals surface area (Å²) in [6.45, 7) is 5.96. The number of hydrogen-bond acceptors (Lipinski definition) is 9. The van der Waals surface area contributed by atoms with Crippen molar-refractivity contribution in [2.45, 2.75) is 37.9 Å². The lowest BCUT2D eigenvalue weighted by Crippen LogP contribution is -2.14. The Morgan fingerprint density at radius 1 is 1.20 bits per heavy atom. The number of carbonyl (C=O) groups is 1. The van der Waals surface area contributed by atoms with E-state index < -0.39 is 0 Å². The summed E-state index contributed by atoms with van der Waals surface area (Å²) in [5, 5.41) is 21.3. The summed E-state index contributed by atoms with van der Waals surface area (Å²) in [4.78, 5) is 12.2. The Labute approximate surface area is 183 Å². The second kappa shape index (κ2) is 9.90. The fourth-order valence-corrected chi connectivity index (χ4v) is 4.02. The van der Waals surface area contributed by atoms with Crippen molar-refractivity contribution >= 4 is 34.1 Å². The van der Waals surface area contributed by atoms with Crippen LogP contribution in [0.2, 0.25) is 0 Å². The van der Waals surface area contributed by atoms with Crippen LogP contribution in [0.25, 0.3) is 0 Å². The molecule has 1 N–H and O–H groups in total. The molecule has 11 heteroatoms.